The highest BCUT2D eigenvalue weighted by molar-refractivity contribution is 5.73. The third-order valence-corrected chi connectivity index (χ3v) is 3.26. The van der Waals surface area contributed by atoms with Crippen molar-refractivity contribution in [3.05, 3.63) is 0 Å². The average molecular weight is 185 g/mol. The van der Waals surface area contributed by atoms with E-state index >= 15 is 0 Å². The van der Waals surface area contributed by atoms with E-state index in [1.54, 1.807) is 6.92 Å². The Balaban J connectivity index is 2.25. The molecule has 2 rings (SSSR count). The number of aliphatic carboxylic acids is 1. The number of rotatable bonds is 1. The minimum atomic E-state index is -1.04. The number of hydrogen-bond acceptors (Lipinski definition) is 3. The van der Waals surface area contributed by atoms with Gasteiger partial charge < -0.3 is 10.2 Å². The van der Waals surface area contributed by atoms with Gasteiger partial charge in [0, 0.05) is 12.6 Å². The van der Waals surface area contributed by atoms with Crippen molar-refractivity contribution < 1.29 is 15.0 Å². The van der Waals surface area contributed by atoms with E-state index in [9.17, 15) is 9.90 Å². The standard InChI is InChI=1S/C9H15NO3/c1-9(13)5-10-4-2-3-6(10)7(9)8(11)12/h6-7,13H,2-5H2,1H3,(H,11,12)/t6-,7-,9-/m0/s1. The molecule has 0 aromatic heterocycles. The summed E-state index contributed by atoms with van der Waals surface area (Å²) in [6.45, 7) is 3.07. The fraction of sp³-hybridized carbons (Fsp3) is 0.889. The van der Waals surface area contributed by atoms with Gasteiger partial charge in [0.2, 0.25) is 0 Å². The molecule has 2 fully saturated rings. The number of aliphatic hydroxyl groups is 1. The Kier molecular flexibility index (Phi) is 1.85. The predicted molar refractivity (Wildman–Crippen MR) is 46.3 cm³/mol. The quantitative estimate of drug-likeness (QED) is 0.599. The van der Waals surface area contributed by atoms with Crippen LogP contribution in [0.3, 0.4) is 0 Å². The van der Waals surface area contributed by atoms with Gasteiger partial charge in [-0.15, -0.1) is 0 Å². The zero-order valence-corrected chi connectivity index (χ0v) is 7.73. The SMILES string of the molecule is C[C@]1(O)CN2CCC[C@H]2[C@H]1C(=O)O. The van der Waals surface area contributed by atoms with Gasteiger partial charge in [-0.05, 0) is 26.3 Å². The first-order chi connectivity index (χ1) is 6.02. The monoisotopic (exact) mass is 185 g/mol. The summed E-state index contributed by atoms with van der Waals surface area (Å²) in [5.74, 6) is -1.46. The van der Waals surface area contributed by atoms with Crippen molar-refractivity contribution in [2.45, 2.75) is 31.4 Å². The summed E-state index contributed by atoms with van der Waals surface area (Å²) in [6.07, 6.45) is 1.97. The summed E-state index contributed by atoms with van der Waals surface area (Å²) in [5.41, 5.74) is -1.04. The highest BCUT2D eigenvalue weighted by Gasteiger charge is 2.53. The summed E-state index contributed by atoms with van der Waals surface area (Å²) < 4.78 is 0. The van der Waals surface area contributed by atoms with Crippen LogP contribution >= 0.6 is 0 Å². The molecule has 0 aromatic carbocycles. The predicted octanol–water partition coefficient (Wildman–Crippen LogP) is -0.0838. The molecule has 3 atom stereocenters. The Hall–Kier alpha value is -0.610. The van der Waals surface area contributed by atoms with Gasteiger partial charge in [-0.1, -0.05) is 0 Å². The number of carboxylic acids is 1. The minimum absolute atomic E-state index is 0.0625. The second-order valence-corrected chi connectivity index (χ2v) is 4.35. The number of carbonyl (C=O) groups is 1. The molecular formula is C9H15NO3. The van der Waals surface area contributed by atoms with Gasteiger partial charge in [0.15, 0.2) is 0 Å². The molecule has 2 aliphatic rings. The maximum Gasteiger partial charge on any atom is 0.311 e. The Morgan fingerprint density at radius 2 is 2.31 bits per heavy atom. The molecule has 2 saturated heterocycles. The van der Waals surface area contributed by atoms with Crippen molar-refractivity contribution in [1.29, 1.82) is 0 Å². The van der Waals surface area contributed by atoms with Gasteiger partial charge in [0.25, 0.3) is 0 Å². The van der Waals surface area contributed by atoms with E-state index in [-0.39, 0.29) is 6.04 Å². The van der Waals surface area contributed by atoms with Gasteiger partial charge in [0.05, 0.1) is 5.60 Å². The van der Waals surface area contributed by atoms with Gasteiger partial charge in [0.1, 0.15) is 5.92 Å². The molecule has 0 aliphatic carbocycles. The van der Waals surface area contributed by atoms with E-state index in [0.717, 1.165) is 19.4 Å². The molecule has 2 heterocycles. The normalized spacial score (nSPS) is 45.1. The lowest BCUT2D eigenvalue weighted by Gasteiger charge is -2.23. The Morgan fingerprint density at radius 1 is 1.62 bits per heavy atom. The van der Waals surface area contributed by atoms with Crippen LogP contribution in [0.2, 0.25) is 0 Å². The molecule has 4 nitrogen and oxygen atoms in total. The van der Waals surface area contributed by atoms with Crippen LogP contribution in [0.5, 0.6) is 0 Å². The summed E-state index contributed by atoms with van der Waals surface area (Å²) in [5, 5.41) is 18.9. The zero-order chi connectivity index (χ0) is 9.64. The Labute approximate surface area is 77.2 Å². The van der Waals surface area contributed by atoms with E-state index in [1.807, 2.05) is 0 Å². The van der Waals surface area contributed by atoms with E-state index in [0.29, 0.717) is 6.54 Å². The fourth-order valence-corrected chi connectivity index (χ4v) is 2.78. The second kappa shape index (κ2) is 2.69. The summed E-state index contributed by atoms with van der Waals surface area (Å²) in [7, 11) is 0. The van der Waals surface area contributed by atoms with Gasteiger partial charge >= 0.3 is 5.97 Å². The van der Waals surface area contributed by atoms with Crippen molar-refractivity contribution in [2.24, 2.45) is 5.92 Å². The van der Waals surface area contributed by atoms with Crippen LogP contribution in [0, 0.1) is 5.92 Å². The third-order valence-electron chi connectivity index (χ3n) is 3.26. The molecule has 0 saturated carbocycles. The highest BCUT2D eigenvalue weighted by atomic mass is 16.4. The third kappa shape index (κ3) is 1.25. The highest BCUT2D eigenvalue weighted by Crippen LogP contribution is 2.39. The van der Waals surface area contributed by atoms with E-state index in [1.165, 1.54) is 0 Å². The lowest BCUT2D eigenvalue weighted by molar-refractivity contribution is -0.148. The van der Waals surface area contributed by atoms with Crippen molar-refractivity contribution in [1.82, 2.24) is 4.90 Å². The first kappa shape index (κ1) is 8.97. The van der Waals surface area contributed by atoms with Gasteiger partial charge in [-0.2, -0.15) is 0 Å². The van der Waals surface area contributed by atoms with Crippen molar-refractivity contribution >= 4 is 5.97 Å². The first-order valence-electron chi connectivity index (χ1n) is 4.71. The van der Waals surface area contributed by atoms with Gasteiger partial charge in [-0.25, -0.2) is 0 Å². The number of hydrogen-bond donors (Lipinski definition) is 2. The molecule has 0 unspecified atom stereocenters. The Bertz CT molecular complexity index is 239. The van der Waals surface area contributed by atoms with Crippen LogP contribution in [0.4, 0.5) is 0 Å². The summed E-state index contributed by atoms with van der Waals surface area (Å²) >= 11 is 0. The van der Waals surface area contributed by atoms with Crippen LogP contribution in [-0.2, 0) is 4.79 Å². The fourth-order valence-electron chi connectivity index (χ4n) is 2.78. The smallest absolute Gasteiger partial charge is 0.311 e. The molecule has 0 aromatic rings. The molecule has 0 bridgehead atoms. The first-order valence-corrected chi connectivity index (χ1v) is 4.71. The van der Waals surface area contributed by atoms with Crippen LogP contribution in [0.25, 0.3) is 0 Å². The average Bonchev–Trinajstić information content (AvgIpc) is 2.41. The van der Waals surface area contributed by atoms with Crippen molar-refractivity contribution in [2.75, 3.05) is 13.1 Å². The molecular weight excluding hydrogens is 170 g/mol. The van der Waals surface area contributed by atoms with E-state index < -0.39 is 17.5 Å². The second-order valence-electron chi connectivity index (χ2n) is 4.35. The number of carboxylic acid groups (broad SMARTS) is 1. The molecule has 0 spiro atoms. The molecule has 0 amide bonds. The van der Waals surface area contributed by atoms with Crippen molar-refractivity contribution in [3.8, 4) is 0 Å². The van der Waals surface area contributed by atoms with Crippen LogP contribution in [0.15, 0.2) is 0 Å². The lowest BCUT2D eigenvalue weighted by atomic mass is 9.87. The minimum Gasteiger partial charge on any atom is -0.481 e. The summed E-state index contributed by atoms with van der Waals surface area (Å²) in [4.78, 5) is 13.1. The number of nitrogens with zero attached hydrogens (tertiary/aromatic N) is 1. The maximum absolute atomic E-state index is 11.0. The molecule has 4 heteroatoms. The topological polar surface area (TPSA) is 60.8 Å². The molecule has 74 valence electrons. The summed E-state index contributed by atoms with van der Waals surface area (Å²) in [6, 6.07) is 0.0625. The van der Waals surface area contributed by atoms with Crippen LogP contribution in [-0.4, -0.2) is 45.8 Å². The lowest BCUT2D eigenvalue weighted by Crippen LogP contribution is -2.41. The van der Waals surface area contributed by atoms with E-state index in [2.05, 4.69) is 4.90 Å². The van der Waals surface area contributed by atoms with Crippen LogP contribution < -0.4 is 0 Å². The van der Waals surface area contributed by atoms with E-state index in [4.69, 9.17) is 5.11 Å². The Morgan fingerprint density at radius 3 is 2.92 bits per heavy atom. The molecule has 2 aliphatic heterocycles. The molecule has 13 heavy (non-hydrogen) atoms. The number of fused-ring (bicyclic) bond motifs is 1. The molecule has 2 N–H and O–H groups in total. The molecule has 0 radical (unpaired) electrons. The van der Waals surface area contributed by atoms with Crippen LogP contribution in [0.1, 0.15) is 19.8 Å². The largest absolute Gasteiger partial charge is 0.481 e. The van der Waals surface area contributed by atoms with Gasteiger partial charge in [-0.3, -0.25) is 9.69 Å². The zero-order valence-electron chi connectivity index (χ0n) is 7.73. The maximum atomic E-state index is 11.0. The van der Waals surface area contributed by atoms with Crippen molar-refractivity contribution in [3.63, 3.8) is 0 Å².